The number of benzene rings is 1. The summed E-state index contributed by atoms with van der Waals surface area (Å²) in [6, 6.07) is 11.1. The van der Waals surface area contributed by atoms with E-state index in [1.54, 1.807) is 23.8 Å². The number of aryl methyl sites for hydroxylation is 1. The van der Waals surface area contributed by atoms with E-state index in [0.29, 0.717) is 36.0 Å². The quantitative estimate of drug-likeness (QED) is 0.346. The molecule has 1 aliphatic heterocycles. The molecule has 6 nitrogen and oxygen atoms in total. The first-order valence-electron chi connectivity index (χ1n) is 12.0. The molecule has 2 aromatic heterocycles. The molecule has 0 aliphatic carbocycles. The lowest BCUT2D eigenvalue weighted by Gasteiger charge is -2.32. The van der Waals surface area contributed by atoms with E-state index < -0.39 is 11.6 Å². The van der Waals surface area contributed by atoms with Crippen molar-refractivity contribution in [3.63, 3.8) is 0 Å². The highest BCUT2D eigenvalue weighted by Crippen LogP contribution is 2.28. The number of nitrogens with zero attached hydrogens (tertiary/aromatic N) is 4. The fraction of sp³-hybridized carbons (Fsp3) is 0.370. The van der Waals surface area contributed by atoms with Crippen LogP contribution in [0.15, 0.2) is 64.8 Å². The normalized spacial score (nSPS) is 15.4. The first-order valence-corrected chi connectivity index (χ1v) is 12.0. The van der Waals surface area contributed by atoms with Crippen molar-refractivity contribution in [2.24, 2.45) is 5.16 Å². The topological polar surface area (TPSA) is 59.7 Å². The smallest absolute Gasteiger partial charge is 0.250 e. The molecule has 3 heterocycles. The molecule has 0 unspecified atom stereocenters. The molecule has 0 radical (unpaired) electrons. The Bertz CT molecular complexity index is 1230. The van der Waals surface area contributed by atoms with Crippen LogP contribution in [0.3, 0.4) is 0 Å². The summed E-state index contributed by atoms with van der Waals surface area (Å²) >= 11 is 0. The van der Waals surface area contributed by atoms with E-state index >= 15 is 0 Å². The number of oxime groups is 1. The minimum Gasteiger partial charge on any atom is -0.396 e. The van der Waals surface area contributed by atoms with Crippen molar-refractivity contribution in [3.8, 4) is 0 Å². The Kier molecular flexibility index (Phi) is 8.02. The molecule has 0 atom stereocenters. The minimum absolute atomic E-state index is 0.0451. The van der Waals surface area contributed by atoms with Crippen LogP contribution >= 0.6 is 0 Å². The van der Waals surface area contributed by atoms with E-state index in [1.807, 2.05) is 31.3 Å². The molecule has 0 saturated carbocycles. The van der Waals surface area contributed by atoms with Gasteiger partial charge in [0.1, 0.15) is 12.3 Å². The molecular formula is C27H30F2N4O2. The Balaban J connectivity index is 1.41. The van der Waals surface area contributed by atoms with Gasteiger partial charge in [-0.25, -0.2) is 8.78 Å². The molecule has 3 aromatic rings. The summed E-state index contributed by atoms with van der Waals surface area (Å²) in [5.74, 6) is -1.40. The highest BCUT2D eigenvalue weighted by Gasteiger charge is 2.21. The zero-order chi connectivity index (χ0) is 24.8. The molecule has 184 valence electrons. The van der Waals surface area contributed by atoms with E-state index in [4.69, 9.17) is 4.84 Å². The molecule has 1 saturated heterocycles. The molecule has 4 rings (SSSR count). The molecule has 35 heavy (non-hydrogen) atoms. The van der Waals surface area contributed by atoms with Crippen LogP contribution in [-0.4, -0.2) is 39.9 Å². The summed E-state index contributed by atoms with van der Waals surface area (Å²) in [6.07, 6.45) is 5.86. The highest BCUT2D eigenvalue weighted by atomic mass is 19.2. The van der Waals surface area contributed by atoms with Crippen LogP contribution in [0.1, 0.15) is 55.0 Å². The zero-order valence-corrected chi connectivity index (χ0v) is 20.1. The van der Waals surface area contributed by atoms with Gasteiger partial charge < -0.3 is 9.40 Å². The van der Waals surface area contributed by atoms with Gasteiger partial charge in [0.15, 0.2) is 11.6 Å². The maximum Gasteiger partial charge on any atom is 0.250 e. The molecule has 0 spiro atoms. The van der Waals surface area contributed by atoms with Crippen molar-refractivity contribution >= 4 is 5.71 Å². The van der Waals surface area contributed by atoms with Gasteiger partial charge in [-0.2, -0.15) is 0 Å². The zero-order valence-electron chi connectivity index (χ0n) is 20.1. The van der Waals surface area contributed by atoms with Crippen LogP contribution in [0.2, 0.25) is 0 Å². The molecule has 1 aromatic carbocycles. The summed E-state index contributed by atoms with van der Waals surface area (Å²) in [6.45, 7) is 7.51. The van der Waals surface area contributed by atoms with Gasteiger partial charge in [0.2, 0.25) is 0 Å². The van der Waals surface area contributed by atoms with Crippen molar-refractivity contribution in [2.75, 3.05) is 19.7 Å². The van der Waals surface area contributed by atoms with E-state index in [-0.39, 0.29) is 5.56 Å². The second-order valence-corrected chi connectivity index (χ2v) is 8.68. The maximum atomic E-state index is 13.8. The summed E-state index contributed by atoms with van der Waals surface area (Å²) in [5, 5.41) is 4.09. The number of pyridine rings is 2. The third kappa shape index (κ3) is 6.00. The minimum atomic E-state index is -0.944. The monoisotopic (exact) mass is 480 g/mol. The van der Waals surface area contributed by atoms with Gasteiger partial charge >= 0.3 is 0 Å². The van der Waals surface area contributed by atoms with Crippen LogP contribution < -0.4 is 5.56 Å². The summed E-state index contributed by atoms with van der Waals surface area (Å²) in [5.41, 5.74) is 3.62. The van der Waals surface area contributed by atoms with Crippen LogP contribution in [-0.2, 0) is 17.9 Å². The maximum absolute atomic E-state index is 13.8. The second kappa shape index (κ2) is 11.4. The molecule has 1 aliphatic rings. The molecule has 0 bridgehead atoms. The number of halogens is 2. The number of aromatic nitrogens is 2. The fourth-order valence-corrected chi connectivity index (χ4v) is 4.40. The van der Waals surface area contributed by atoms with Crippen LogP contribution in [0.4, 0.5) is 8.78 Å². The van der Waals surface area contributed by atoms with Crippen molar-refractivity contribution in [2.45, 2.75) is 45.7 Å². The Hall–Kier alpha value is -3.39. The van der Waals surface area contributed by atoms with Crippen molar-refractivity contribution in [1.29, 1.82) is 0 Å². The first kappa shape index (κ1) is 24.7. The summed E-state index contributed by atoms with van der Waals surface area (Å²) in [7, 11) is 0. The standard InChI is InChI=1S/C27H30F2N4O2/c1-3-33-18-22(7-10-26(33)34)20-11-13-32(14-12-20)17-19-5-9-25(30-16-19)27(31-35-4-2)21-6-8-23(28)24(29)15-21/h5-10,15-16,18,20H,3-4,11-14,17H2,1-2H3. The lowest BCUT2D eigenvalue weighted by Crippen LogP contribution is -2.33. The van der Waals surface area contributed by atoms with Gasteiger partial charge in [0.05, 0.1) is 5.69 Å². The molecule has 1 fully saturated rings. The number of piperidine rings is 1. The molecular weight excluding hydrogens is 450 g/mol. The largest absolute Gasteiger partial charge is 0.396 e. The third-order valence-corrected chi connectivity index (χ3v) is 6.36. The lowest BCUT2D eigenvalue weighted by atomic mass is 9.90. The number of rotatable bonds is 8. The average molecular weight is 481 g/mol. The average Bonchev–Trinajstić information content (AvgIpc) is 2.88. The van der Waals surface area contributed by atoms with Gasteiger partial charge in [-0.1, -0.05) is 17.3 Å². The van der Waals surface area contributed by atoms with Crippen molar-refractivity contribution in [3.05, 3.63) is 99.2 Å². The summed E-state index contributed by atoms with van der Waals surface area (Å²) < 4.78 is 28.9. The predicted molar refractivity (Wildman–Crippen MR) is 131 cm³/mol. The molecule has 0 amide bonds. The fourth-order valence-electron chi connectivity index (χ4n) is 4.40. The van der Waals surface area contributed by atoms with Crippen LogP contribution in [0, 0.1) is 11.6 Å². The second-order valence-electron chi connectivity index (χ2n) is 8.68. The number of hydrogen-bond acceptors (Lipinski definition) is 5. The number of likely N-dealkylation sites (tertiary alicyclic amines) is 1. The van der Waals surface area contributed by atoms with E-state index in [9.17, 15) is 13.6 Å². The first-order chi connectivity index (χ1) is 17.0. The van der Waals surface area contributed by atoms with Gasteiger partial charge in [-0.15, -0.1) is 0 Å². The highest BCUT2D eigenvalue weighted by molar-refractivity contribution is 6.11. The van der Waals surface area contributed by atoms with Gasteiger partial charge in [0, 0.05) is 37.1 Å². The molecule has 8 heteroatoms. The third-order valence-electron chi connectivity index (χ3n) is 6.36. The van der Waals surface area contributed by atoms with Gasteiger partial charge in [-0.05, 0) is 81.1 Å². The Morgan fingerprint density at radius 2 is 1.89 bits per heavy atom. The molecule has 0 N–H and O–H groups in total. The van der Waals surface area contributed by atoms with Crippen molar-refractivity contribution in [1.82, 2.24) is 14.5 Å². The van der Waals surface area contributed by atoms with Crippen LogP contribution in [0.5, 0.6) is 0 Å². The van der Waals surface area contributed by atoms with Gasteiger partial charge in [0.25, 0.3) is 5.56 Å². The predicted octanol–water partition coefficient (Wildman–Crippen LogP) is 4.71. The van der Waals surface area contributed by atoms with E-state index in [1.165, 1.54) is 11.6 Å². The number of hydrogen-bond donors (Lipinski definition) is 0. The lowest BCUT2D eigenvalue weighted by molar-refractivity contribution is 0.159. The van der Waals surface area contributed by atoms with Gasteiger partial charge in [-0.3, -0.25) is 14.7 Å². The Labute approximate surface area is 203 Å². The van der Waals surface area contributed by atoms with E-state index in [2.05, 4.69) is 15.0 Å². The Morgan fingerprint density at radius 3 is 2.54 bits per heavy atom. The SMILES string of the molecule is CCON=C(c1ccc(F)c(F)c1)c1ccc(CN2CCC(c3ccc(=O)n(CC)c3)CC2)cn1. The Morgan fingerprint density at radius 1 is 1.09 bits per heavy atom. The summed E-state index contributed by atoms with van der Waals surface area (Å²) in [4.78, 5) is 24.0. The van der Waals surface area contributed by atoms with Crippen molar-refractivity contribution < 1.29 is 13.6 Å². The van der Waals surface area contributed by atoms with E-state index in [0.717, 1.165) is 50.2 Å². The van der Waals surface area contributed by atoms with Crippen LogP contribution in [0.25, 0.3) is 0 Å².